The molecule has 1 heterocycles. The van der Waals surface area contributed by atoms with Crippen LogP contribution in [-0.2, 0) is 0 Å². The van der Waals surface area contributed by atoms with E-state index in [2.05, 4.69) is 18.9 Å². The Labute approximate surface area is 137 Å². The first-order chi connectivity index (χ1) is 11.1. The quantitative estimate of drug-likeness (QED) is 0.460. The van der Waals surface area contributed by atoms with E-state index in [1.165, 1.54) is 25.7 Å². The van der Waals surface area contributed by atoms with Gasteiger partial charge in [0.25, 0.3) is 5.52 Å². The summed E-state index contributed by atoms with van der Waals surface area (Å²) in [7, 11) is 0. The fourth-order valence-corrected chi connectivity index (χ4v) is 3.07. The molecule has 0 bridgehead atoms. The molecular formula is C17H26N4O2. The molecule has 0 saturated heterocycles. The Balaban J connectivity index is 2.30. The van der Waals surface area contributed by atoms with Gasteiger partial charge in [0, 0.05) is 10.9 Å². The van der Waals surface area contributed by atoms with Gasteiger partial charge in [-0.2, -0.15) is 0 Å². The van der Waals surface area contributed by atoms with Gasteiger partial charge in [0.15, 0.2) is 5.52 Å². The van der Waals surface area contributed by atoms with Crippen LogP contribution in [0.25, 0.3) is 11.0 Å². The molecule has 1 aromatic carbocycles. The van der Waals surface area contributed by atoms with Gasteiger partial charge in [-0.3, -0.25) is 5.73 Å². The molecule has 0 radical (unpaired) electrons. The zero-order valence-corrected chi connectivity index (χ0v) is 14.0. The average Bonchev–Trinajstić information content (AvgIpc) is 2.55. The molecule has 1 atom stereocenters. The van der Waals surface area contributed by atoms with Gasteiger partial charge in [-0.25, -0.2) is 4.73 Å². The lowest BCUT2D eigenvalue weighted by molar-refractivity contribution is -0.672. The largest absolute Gasteiger partial charge is 0.739 e. The van der Waals surface area contributed by atoms with Crippen LogP contribution in [0.15, 0.2) is 18.2 Å². The summed E-state index contributed by atoms with van der Waals surface area (Å²) in [6.45, 7) is 4.37. The number of benzene rings is 1. The summed E-state index contributed by atoms with van der Waals surface area (Å²) in [6.07, 6.45) is 8.19. The molecule has 0 aliphatic carbocycles. The third-order valence-corrected chi connectivity index (χ3v) is 4.34. The summed E-state index contributed by atoms with van der Waals surface area (Å²) >= 11 is 0. The van der Waals surface area contributed by atoms with Gasteiger partial charge in [0.1, 0.15) is 0 Å². The number of aromatic nitrogens is 3. The highest BCUT2D eigenvalue weighted by molar-refractivity contribution is 5.69. The van der Waals surface area contributed by atoms with E-state index in [0.717, 1.165) is 24.8 Å². The first-order valence-corrected chi connectivity index (χ1v) is 8.51. The lowest BCUT2D eigenvalue weighted by atomic mass is 9.89. The van der Waals surface area contributed by atoms with E-state index in [1.807, 2.05) is 6.07 Å². The number of nitrogen functional groups attached to an aromatic ring is 1. The zero-order valence-electron chi connectivity index (χ0n) is 14.0. The smallest absolute Gasteiger partial charge is 0.458 e. The van der Waals surface area contributed by atoms with Crippen molar-refractivity contribution in [1.82, 2.24) is 5.10 Å². The molecule has 0 spiro atoms. The maximum Gasteiger partial charge on any atom is 0.458 e. The number of rotatable bonds is 8. The van der Waals surface area contributed by atoms with Crippen molar-refractivity contribution < 1.29 is 9.58 Å². The molecule has 23 heavy (non-hydrogen) atoms. The molecule has 0 aliphatic rings. The van der Waals surface area contributed by atoms with Crippen LogP contribution in [-0.4, -0.2) is 5.10 Å². The second-order valence-electron chi connectivity index (χ2n) is 6.11. The number of unbranched alkanes of at least 4 members (excludes halogenated alkanes) is 3. The Hall–Kier alpha value is -2.11. The van der Waals surface area contributed by atoms with Crippen LogP contribution in [0.3, 0.4) is 0 Å². The van der Waals surface area contributed by atoms with Crippen LogP contribution in [0.2, 0.25) is 0 Å². The lowest BCUT2D eigenvalue weighted by Gasteiger charge is -2.17. The number of nitrogens with two attached hydrogens (primary N) is 1. The normalized spacial score (nSPS) is 12.6. The van der Waals surface area contributed by atoms with E-state index in [9.17, 15) is 10.4 Å². The Kier molecular flexibility index (Phi) is 5.96. The van der Waals surface area contributed by atoms with Gasteiger partial charge < -0.3 is 10.4 Å². The van der Waals surface area contributed by atoms with Crippen molar-refractivity contribution in [3.63, 3.8) is 0 Å². The van der Waals surface area contributed by atoms with E-state index in [-0.39, 0.29) is 11.5 Å². The first-order valence-electron chi connectivity index (χ1n) is 8.51. The van der Waals surface area contributed by atoms with E-state index >= 15 is 0 Å². The molecule has 6 heteroatoms. The molecule has 0 fully saturated rings. The Morgan fingerprint density at radius 1 is 1.04 bits per heavy atom. The minimum Gasteiger partial charge on any atom is -0.739 e. The molecule has 0 saturated carbocycles. The van der Waals surface area contributed by atoms with Gasteiger partial charge in [-0.05, 0) is 30.4 Å². The number of nitrogens with zero attached hydrogens (tertiary/aromatic N) is 3. The summed E-state index contributed by atoms with van der Waals surface area (Å²) in [5, 5.41) is 27.3. The second-order valence-corrected chi connectivity index (χ2v) is 6.11. The molecule has 126 valence electrons. The van der Waals surface area contributed by atoms with Crippen molar-refractivity contribution >= 4 is 17.0 Å². The number of hydrogen-bond acceptors (Lipinski definition) is 4. The fraction of sp³-hybridized carbons (Fsp3) is 0.588. The van der Waals surface area contributed by atoms with Crippen LogP contribution in [0.4, 0.5) is 5.95 Å². The molecule has 6 nitrogen and oxygen atoms in total. The van der Waals surface area contributed by atoms with Crippen LogP contribution in [0, 0.1) is 10.4 Å². The average molecular weight is 318 g/mol. The number of anilines is 1. The minimum atomic E-state index is -0.320. The molecule has 1 unspecified atom stereocenters. The van der Waals surface area contributed by atoms with Gasteiger partial charge in [-0.1, -0.05) is 52.0 Å². The molecule has 1 aromatic heterocycles. The highest BCUT2D eigenvalue weighted by Gasteiger charge is 2.19. The van der Waals surface area contributed by atoms with Crippen LogP contribution < -0.4 is 15.3 Å². The van der Waals surface area contributed by atoms with Gasteiger partial charge in [0.05, 0.1) is 0 Å². The Bertz CT molecular complexity index is 661. The van der Waals surface area contributed by atoms with Crippen molar-refractivity contribution in [2.45, 2.75) is 64.7 Å². The van der Waals surface area contributed by atoms with Crippen molar-refractivity contribution in [3.05, 3.63) is 34.2 Å². The minimum absolute atomic E-state index is 0.249. The van der Waals surface area contributed by atoms with Gasteiger partial charge >= 0.3 is 5.95 Å². The van der Waals surface area contributed by atoms with Gasteiger partial charge in [0.2, 0.25) is 5.10 Å². The standard InChI is InChI=1S/C17H26N4O2/c1-3-5-6-7-9-13(8-4-2)14-10-11-15-16(12-14)20(22)17(18)19-21(15)23/h10-13H,3-9H2,1-2H3,(H2,18,19). The monoisotopic (exact) mass is 318 g/mol. The summed E-state index contributed by atoms with van der Waals surface area (Å²) in [5.41, 5.74) is 7.15. The molecule has 2 aromatic rings. The Morgan fingerprint density at radius 3 is 2.52 bits per heavy atom. The number of hydrogen-bond donors (Lipinski definition) is 1. The number of fused-ring (bicyclic) bond motifs is 1. The molecular weight excluding hydrogens is 292 g/mol. The molecule has 2 N–H and O–H groups in total. The predicted molar refractivity (Wildman–Crippen MR) is 90.5 cm³/mol. The summed E-state index contributed by atoms with van der Waals surface area (Å²) in [4.78, 5) is 0.416. The predicted octanol–water partition coefficient (Wildman–Crippen LogP) is 2.94. The SMILES string of the molecule is CCCCCCC(CCC)c1ccc2c(c1)[n+]([O-])c(N)n[n+]2[O-]. The third-order valence-electron chi connectivity index (χ3n) is 4.34. The zero-order chi connectivity index (χ0) is 16.8. The lowest BCUT2D eigenvalue weighted by Crippen LogP contribution is -2.44. The van der Waals surface area contributed by atoms with E-state index in [0.29, 0.717) is 21.0 Å². The van der Waals surface area contributed by atoms with Crippen molar-refractivity contribution in [2.75, 3.05) is 5.73 Å². The van der Waals surface area contributed by atoms with Crippen molar-refractivity contribution in [2.24, 2.45) is 0 Å². The van der Waals surface area contributed by atoms with Crippen LogP contribution >= 0.6 is 0 Å². The highest BCUT2D eigenvalue weighted by atomic mass is 16.5. The maximum absolute atomic E-state index is 12.1. The third kappa shape index (κ3) is 4.00. The molecule has 0 aliphatic heterocycles. The summed E-state index contributed by atoms with van der Waals surface area (Å²) in [5.74, 6) is 0.0929. The van der Waals surface area contributed by atoms with Crippen LogP contribution in [0.5, 0.6) is 0 Å². The Morgan fingerprint density at radius 2 is 1.83 bits per heavy atom. The van der Waals surface area contributed by atoms with E-state index < -0.39 is 0 Å². The molecule has 0 amide bonds. The highest BCUT2D eigenvalue weighted by Crippen LogP contribution is 2.28. The van der Waals surface area contributed by atoms with Crippen LogP contribution in [0.1, 0.15) is 70.3 Å². The second kappa shape index (κ2) is 7.94. The van der Waals surface area contributed by atoms with Gasteiger partial charge in [-0.15, -0.1) is 0 Å². The van der Waals surface area contributed by atoms with Crippen molar-refractivity contribution in [1.29, 1.82) is 0 Å². The van der Waals surface area contributed by atoms with Crippen molar-refractivity contribution in [3.8, 4) is 0 Å². The van der Waals surface area contributed by atoms with E-state index in [4.69, 9.17) is 5.73 Å². The summed E-state index contributed by atoms with van der Waals surface area (Å²) < 4.78 is 0.535. The topological polar surface area (TPSA) is 92.8 Å². The molecule has 2 rings (SSSR count). The maximum atomic E-state index is 12.1. The summed E-state index contributed by atoms with van der Waals surface area (Å²) in [6, 6.07) is 5.41. The van der Waals surface area contributed by atoms with E-state index in [1.54, 1.807) is 12.1 Å². The fourth-order valence-electron chi connectivity index (χ4n) is 3.07. The first kappa shape index (κ1) is 17.2.